The fourth-order valence-corrected chi connectivity index (χ4v) is 3.67. The largest absolute Gasteiger partial charge is 0.444 e. The van der Waals surface area contributed by atoms with Crippen molar-refractivity contribution in [1.82, 2.24) is 19.7 Å². The van der Waals surface area contributed by atoms with E-state index in [9.17, 15) is 4.79 Å². The normalized spacial score (nSPS) is 12.2. The Hall–Kier alpha value is -1.74. The minimum atomic E-state index is -0.582. The quantitative estimate of drug-likeness (QED) is 0.466. The molecule has 0 fully saturated rings. The standard InChI is InChI=1S/C14H15IN5O3P/c1-14(2,3)22-13(21)19-10-4-8(12-16-7-18-23-12)5-11-9(10)6-17-20(11)24-15/h4-7,24H,1-3H3,(H,19,21). The SMILES string of the molecule is CC(C)(C)OC(=O)Nc1cc(-c2ncno2)cc2c1cnn2PI. The first kappa shape index (κ1) is 17.1. The van der Waals surface area contributed by atoms with Crippen LogP contribution in [0.15, 0.2) is 29.2 Å². The molecule has 0 aliphatic carbocycles. The minimum absolute atomic E-state index is 0.369. The van der Waals surface area contributed by atoms with Crippen molar-refractivity contribution >= 4 is 51.1 Å². The van der Waals surface area contributed by atoms with E-state index >= 15 is 0 Å². The molecule has 2 aromatic heterocycles. The van der Waals surface area contributed by atoms with Gasteiger partial charge in [0.05, 0.1) is 23.8 Å². The van der Waals surface area contributed by atoms with E-state index in [2.05, 4.69) is 42.6 Å². The van der Waals surface area contributed by atoms with E-state index in [0.717, 1.165) is 10.9 Å². The Balaban J connectivity index is 2.05. The number of nitrogens with one attached hydrogen (secondary N) is 1. The minimum Gasteiger partial charge on any atom is -0.444 e. The van der Waals surface area contributed by atoms with Crippen LogP contribution in [0.3, 0.4) is 0 Å². The molecule has 1 atom stereocenters. The van der Waals surface area contributed by atoms with Gasteiger partial charge < -0.3 is 9.26 Å². The molecule has 1 amide bonds. The summed E-state index contributed by atoms with van der Waals surface area (Å²) in [5.74, 6) is 0.369. The number of ether oxygens (including phenoxy) is 1. The van der Waals surface area contributed by atoms with Crippen molar-refractivity contribution in [2.45, 2.75) is 26.4 Å². The molecule has 0 bridgehead atoms. The molecule has 0 spiro atoms. The molecular formula is C14H15IN5O3P. The van der Waals surface area contributed by atoms with Gasteiger partial charge in [0.1, 0.15) is 5.60 Å². The van der Waals surface area contributed by atoms with Crippen LogP contribution in [0.2, 0.25) is 0 Å². The summed E-state index contributed by atoms with van der Waals surface area (Å²) in [6, 6.07) is 3.67. The smallest absolute Gasteiger partial charge is 0.412 e. The average Bonchev–Trinajstić information content (AvgIpc) is 3.14. The molecule has 0 aliphatic heterocycles. The summed E-state index contributed by atoms with van der Waals surface area (Å²) in [5.41, 5.74) is 1.56. The van der Waals surface area contributed by atoms with Crippen LogP contribution in [0.4, 0.5) is 10.5 Å². The highest BCUT2D eigenvalue weighted by atomic mass is 127. The van der Waals surface area contributed by atoms with Crippen molar-refractivity contribution in [1.29, 1.82) is 0 Å². The number of anilines is 1. The maximum Gasteiger partial charge on any atom is 0.412 e. The van der Waals surface area contributed by atoms with Gasteiger partial charge in [-0.15, -0.1) is 0 Å². The van der Waals surface area contributed by atoms with Crippen LogP contribution < -0.4 is 5.32 Å². The van der Waals surface area contributed by atoms with E-state index in [4.69, 9.17) is 9.26 Å². The van der Waals surface area contributed by atoms with Crippen LogP contribution in [-0.4, -0.2) is 31.4 Å². The lowest BCUT2D eigenvalue weighted by Gasteiger charge is -2.20. The van der Waals surface area contributed by atoms with Gasteiger partial charge in [0.2, 0.25) is 0 Å². The third kappa shape index (κ3) is 3.67. The molecule has 0 aliphatic rings. The first-order valence-electron chi connectivity index (χ1n) is 7.03. The summed E-state index contributed by atoms with van der Waals surface area (Å²) in [6.45, 7) is 5.44. The second kappa shape index (κ2) is 6.64. The lowest BCUT2D eigenvalue weighted by Crippen LogP contribution is -2.27. The Morgan fingerprint density at radius 2 is 2.21 bits per heavy atom. The third-order valence-electron chi connectivity index (χ3n) is 3.01. The van der Waals surface area contributed by atoms with Crippen LogP contribution in [-0.2, 0) is 4.74 Å². The molecule has 8 nitrogen and oxygen atoms in total. The number of hydrogen-bond donors (Lipinski definition) is 1. The van der Waals surface area contributed by atoms with Crippen LogP contribution in [0.25, 0.3) is 22.4 Å². The van der Waals surface area contributed by atoms with E-state index in [1.165, 1.54) is 6.33 Å². The van der Waals surface area contributed by atoms with Gasteiger partial charge in [-0.3, -0.25) is 5.32 Å². The van der Waals surface area contributed by atoms with E-state index in [0.29, 0.717) is 23.5 Å². The van der Waals surface area contributed by atoms with Crippen LogP contribution in [0.1, 0.15) is 20.8 Å². The van der Waals surface area contributed by atoms with E-state index < -0.39 is 11.7 Å². The van der Waals surface area contributed by atoms with Crippen molar-refractivity contribution in [2.24, 2.45) is 0 Å². The third-order valence-corrected chi connectivity index (χ3v) is 4.90. The molecule has 1 N–H and O–H groups in total. The predicted octanol–water partition coefficient (Wildman–Crippen LogP) is 4.22. The first-order valence-corrected chi connectivity index (χ1v) is 11.1. The van der Waals surface area contributed by atoms with Crippen molar-refractivity contribution < 1.29 is 14.1 Å². The molecule has 1 aromatic carbocycles. The molecule has 0 saturated carbocycles. The van der Waals surface area contributed by atoms with Gasteiger partial charge in [0.15, 0.2) is 6.33 Å². The molecule has 3 rings (SSSR count). The van der Waals surface area contributed by atoms with Gasteiger partial charge in [-0.1, -0.05) is 5.16 Å². The zero-order chi connectivity index (χ0) is 17.3. The van der Waals surface area contributed by atoms with Crippen molar-refractivity contribution in [2.75, 3.05) is 5.32 Å². The number of aromatic nitrogens is 4. The van der Waals surface area contributed by atoms with Crippen LogP contribution in [0, 0.1) is 0 Å². The Bertz CT molecular complexity index is 873. The molecule has 3 aromatic rings. The highest BCUT2D eigenvalue weighted by molar-refractivity contribution is 14.2. The molecule has 126 valence electrons. The lowest BCUT2D eigenvalue weighted by molar-refractivity contribution is 0.0636. The maximum absolute atomic E-state index is 12.1. The molecule has 10 heteroatoms. The van der Waals surface area contributed by atoms with Crippen molar-refractivity contribution in [3.05, 3.63) is 24.7 Å². The second-order valence-electron chi connectivity index (χ2n) is 5.97. The van der Waals surface area contributed by atoms with E-state index in [1.807, 2.05) is 31.3 Å². The number of halogens is 1. The number of rotatable bonds is 3. The van der Waals surface area contributed by atoms with Gasteiger partial charge >= 0.3 is 6.09 Å². The monoisotopic (exact) mass is 459 g/mol. The summed E-state index contributed by atoms with van der Waals surface area (Å²) < 4.78 is 12.3. The van der Waals surface area contributed by atoms with Gasteiger partial charge in [-0.2, -0.15) is 10.1 Å². The number of carbonyl (C=O) groups is 1. The molecule has 2 heterocycles. The number of hydrogen-bond acceptors (Lipinski definition) is 6. The Morgan fingerprint density at radius 1 is 1.42 bits per heavy atom. The molecule has 0 radical (unpaired) electrons. The predicted molar refractivity (Wildman–Crippen MR) is 101 cm³/mol. The summed E-state index contributed by atoms with van der Waals surface area (Å²) in [4.78, 5) is 16.2. The summed E-state index contributed by atoms with van der Waals surface area (Å²) in [5, 5.41) is 11.6. The summed E-state index contributed by atoms with van der Waals surface area (Å²) in [7, 11) is 0. The van der Waals surface area contributed by atoms with E-state index in [1.54, 1.807) is 12.3 Å². The fourth-order valence-electron chi connectivity index (χ4n) is 2.13. The molecular weight excluding hydrogens is 444 g/mol. The average molecular weight is 459 g/mol. The Kier molecular flexibility index (Phi) is 4.73. The molecule has 0 saturated heterocycles. The molecule has 24 heavy (non-hydrogen) atoms. The second-order valence-corrected chi connectivity index (χ2v) is 8.01. The topological polar surface area (TPSA) is 95.1 Å². The highest BCUT2D eigenvalue weighted by Crippen LogP contribution is 2.35. The van der Waals surface area contributed by atoms with Gasteiger partial charge in [0.25, 0.3) is 5.89 Å². The lowest BCUT2D eigenvalue weighted by atomic mass is 10.1. The molecule has 1 unspecified atom stereocenters. The van der Waals surface area contributed by atoms with Crippen LogP contribution >= 0.6 is 28.4 Å². The number of benzene rings is 1. The Labute approximate surface area is 152 Å². The van der Waals surface area contributed by atoms with E-state index in [-0.39, 0.29) is 0 Å². The first-order chi connectivity index (χ1) is 11.4. The summed E-state index contributed by atoms with van der Waals surface area (Å²) in [6.07, 6.45) is 2.93. The maximum atomic E-state index is 12.1. The highest BCUT2D eigenvalue weighted by Gasteiger charge is 2.19. The zero-order valence-corrected chi connectivity index (χ0v) is 16.4. The van der Waals surface area contributed by atoms with Gasteiger partial charge in [-0.25, -0.2) is 9.25 Å². The van der Waals surface area contributed by atoms with Crippen molar-refractivity contribution in [3.8, 4) is 11.5 Å². The van der Waals surface area contributed by atoms with Gasteiger partial charge in [-0.05, 0) is 54.9 Å². The number of fused-ring (bicyclic) bond motifs is 1. The number of carbonyl (C=O) groups excluding carboxylic acids is 1. The Morgan fingerprint density at radius 3 is 2.83 bits per heavy atom. The summed E-state index contributed by atoms with van der Waals surface area (Å²) >= 11 is 2.24. The van der Waals surface area contributed by atoms with Gasteiger partial charge in [0, 0.05) is 10.9 Å². The number of nitrogens with zero attached hydrogens (tertiary/aromatic N) is 4. The zero-order valence-electron chi connectivity index (χ0n) is 13.2. The fraction of sp³-hybridized carbons (Fsp3) is 0.286. The van der Waals surface area contributed by atoms with Crippen molar-refractivity contribution in [3.63, 3.8) is 0 Å². The number of amides is 1. The van der Waals surface area contributed by atoms with Crippen LogP contribution in [0.5, 0.6) is 0 Å².